The third kappa shape index (κ3) is 1.83. The zero-order valence-corrected chi connectivity index (χ0v) is 9.11. The minimum atomic E-state index is 0.577. The smallest absolute Gasteiger partial charge is 0.0322 e. The van der Waals surface area contributed by atoms with Crippen LogP contribution >= 0.6 is 0 Å². The molecule has 0 aliphatic carbocycles. The Morgan fingerprint density at radius 1 is 1.29 bits per heavy atom. The summed E-state index contributed by atoms with van der Waals surface area (Å²) in [4.78, 5) is 2.61. The van der Waals surface area contributed by atoms with E-state index < -0.39 is 0 Å². The van der Waals surface area contributed by atoms with Crippen LogP contribution in [0.3, 0.4) is 0 Å². The van der Waals surface area contributed by atoms with E-state index >= 15 is 0 Å². The molecule has 1 aromatic rings. The van der Waals surface area contributed by atoms with Crippen LogP contribution in [0.4, 0.5) is 0 Å². The van der Waals surface area contributed by atoms with Gasteiger partial charge >= 0.3 is 0 Å². The normalized spacial score (nSPS) is 25.1. The molecule has 76 valence electrons. The summed E-state index contributed by atoms with van der Waals surface area (Å²) in [6.45, 7) is 5.92. The highest BCUT2D eigenvalue weighted by Gasteiger charge is 2.25. The molecule has 1 heterocycles. The Kier molecular flexibility index (Phi) is 2.87. The van der Waals surface area contributed by atoms with Crippen molar-refractivity contribution in [3.63, 3.8) is 0 Å². The first-order chi connectivity index (χ1) is 6.79. The molecule has 0 radical (unpaired) electrons. The Labute approximate surface area is 86.7 Å². The zero-order valence-electron chi connectivity index (χ0n) is 9.11. The van der Waals surface area contributed by atoms with E-state index in [4.69, 9.17) is 0 Å². The van der Waals surface area contributed by atoms with E-state index in [1.807, 2.05) is 0 Å². The van der Waals surface area contributed by atoms with Crippen LogP contribution in [-0.4, -0.2) is 17.5 Å². The molecular formula is C13H19N. The lowest BCUT2D eigenvalue weighted by Gasteiger charge is -2.28. The number of rotatable bonds is 2. The number of nitrogens with zero attached hydrogens (tertiary/aromatic N) is 1. The number of likely N-dealkylation sites (tertiary alicyclic amines) is 1. The van der Waals surface area contributed by atoms with Gasteiger partial charge in [0.15, 0.2) is 0 Å². The van der Waals surface area contributed by atoms with Crippen LogP contribution in [0.2, 0.25) is 0 Å². The predicted octanol–water partition coefficient (Wildman–Crippen LogP) is 3.23. The van der Waals surface area contributed by atoms with Gasteiger partial charge in [0.2, 0.25) is 0 Å². The van der Waals surface area contributed by atoms with Crippen molar-refractivity contribution in [1.29, 1.82) is 0 Å². The van der Waals surface area contributed by atoms with Gasteiger partial charge in [0.05, 0.1) is 0 Å². The van der Waals surface area contributed by atoms with Crippen LogP contribution in [0.15, 0.2) is 30.3 Å². The van der Waals surface area contributed by atoms with Crippen LogP contribution in [-0.2, 0) is 0 Å². The molecular weight excluding hydrogens is 170 g/mol. The van der Waals surface area contributed by atoms with Crippen molar-refractivity contribution in [2.75, 3.05) is 6.54 Å². The summed E-state index contributed by atoms with van der Waals surface area (Å²) < 4.78 is 0. The first-order valence-corrected chi connectivity index (χ1v) is 5.59. The van der Waals surface area contributed by atoms with Gasteiger partial charge in [-0.05, 0) is 38.8 Å². The van der Waals surface area contributed by atoms with Crippen LogP contribution in [0.1, 0.15) is 38.3 Å². The first-order valence-electron chi connectivity index (χ1n) is 5.59. The predicted molar refractivity (Wildman–Crippen MR) is 60.3 cm³/mol. The Morgan fingerprint density at radius 2 is 2.00 bits per heavy atom. The maximum absolute atomic E-state index is 2.61. The summed E-state index contributed by atoms with van der Waals surface area (Å²) in [5.41, 5.74) is 1.45. The van der Waals surface area contributed by atoms with E-state index in [2.05, 4.69) is 49.1 Å². The van der Waals surface area contributed by atoms with E-state index in [1.165, 1.54) is 24.9 Å². The highest BCUT2D eigenvalue weighted by atomic mass is 15.2. The summed E-state index contributed by atoms with van der Waals surface area (Å²) in [6, 6.07) is 12.1. The summed E-state index contributed by atoms with van der Waals surface area (Å²) in [5.74, 6) is 0. The SMILES string of the molecule is CC1CCCN1[C@H](C)c1ccccc1. The lowest BCUT2D eigenvalue weighted by atomic mass is 10.1. The second-order valence-electron chi connectivity index (χ2n) is 4.32. The molecule has 0 saturated carbocycles. The van der Waals surface area contributed by atoms with Crippen molar-refractivity contribution in [3.8, 4) is 0 Å². The molecule has 1 saturated heterocycles. The van der Waals surface area contributed by atoms with Gasteiger partial charge in [0, 0.05) is 12.1 Å². The summed E-state index contributed by atoms with van der Waals surface area (Å²) in [5, 5.41) is 0. The van der Waals surface area contributed by atoms with Gasteiger partial charge < -0.3 is 0 Å². The number of hydrogen-bond donors (Lipinski definition) is 0. The second kappa shape index (κ2) is 4.14. The second-order valence-corrected chi connectivity index (χ2v) is 4.32. The van der Waals surface area contributed by atoms with E-state index in [0.29, 0.717) is 6.04 Å². The van der Waals surface area contributed by atoms with Gasteiger partial charge in [-0.1, -0.05) is 30.3 Å². The minimum Gasteiger partial charge on any atom is -0.294 e. The lowest BCUT2D eigenvalue weighted by Crippen LogP contribution is -2.29. The van der Waals surface area contributed by atoms with Crippen LogP contribution in [0.25, 0.3) is 0 Å². The molecule has 1 aliphatic heterocycles. The monoisotopic (exact) mass is 189 g/mol. The standard InChI is InChI=1S/C13H19N/c1-11-7-6-10-14(11)12(2)13-8-4-3-5-9-13/h3-5,8-9,11-12H,6-7,10H2,1-2H3/t11?,12-/m1/s1. The fraction of sp³-hybridized carbons (Fsp3) is 0.538. The van der Waals surface area contributed by atoms with Crippen molar-refractivity contribution in [1.82, 2.24) is 4.90 Å². The van der Waals surface area contributed by atoms with Gasteiger partial charge in [0.25, 0.3) is 0 Å². The molecule has 0 aromatic heterocycles. The van der Waals surface area contributed by atoms with Gasteiger partial charge in [-0.2, -0.15) is 0 Å². The van der Waals surface area contributed by atoms with Crippen molar-refractivity contribution in [2.45, 2.75) is 38.8 Å². The molecule has 0 N–H and O–H groups in total. The molecule has 1 nitrogen and oxygen atoms in total. The molecule has 0 amide bonds. The highest BCUT2D eigenvalue weighted by molar-refractivity contribution is 5.18. The molecule has 1 aromatic carbocycles. The highest BCUT2D eigenvalue weighted by Crippen LogP contribution is 2.28. The number of benzene rings is 1. The summed E-state index contributed by atoms with van der Waals surface area (Å²) in [6.07, 6.45) is 2.72. The quantitative estimate of drug-likeness (QED) is 0.690. The third-order valence-electron chi connectivity index (χ3n) is 3.38. The summed E-state index contributed by atoms with van der Waals surface area (Å²) in [7, 11) is 0. The topological polar surface area (TPSA) is 3.24 Å². The molecule has 1 unspecified atom stereocenters. The van der Waals surface area contributed by atoms with Gasteiger partial charge in [0.1, 0.15) is 0 Å². The van der Waals surface area contributed by atoms with E-state index in [0.717, 1.165) is 6.04 Å². The zero-order chi connectivity index (χ0) is 9.97. The number of hydrogen-bond acceptors (Lipinski definition) is 1. The Hall–Kier alpha value is -0.820. The van der Waals surface area contributed by atoms with Crippen molar-refractivity contribution >= 4 is 0 Å². The molecule has 2 rings (SSSR count). The maximum Gasteiger partial charge on any atom is 0.0322 e. The molecule has 0 spiro atoms. The lowest BCUT2D eigenvalue weighted by molar-refractivity contribution is 0.204. The van der Waals surface area contributed by atoms with E-state index in [1.54, 1.807) is 0 Å². The minimum absolute atomic E-state index is 0.577. The average molecular weight is 189 g/mol. The molecule has 0 bridgehead atoms. The van der Waals surface area contributed by atoms with Crippen LogP contribution < -0.4 is 0 Å². The van der Waals surface area contributed by atoms with Crippen LogP contribution in [0, 0.1) is 0 Å². The molecule has 1 heteroatoms. The maximum atomic E-state index is 2.61. The molecule has 1 fully saturated rings. The fourth-order valence-corrected chi connectivity index (χ4v) is 2.45. The van der Waals surface area contributed by atoms with E-state index in [-0.39, 0.29) is 0 Å². The Morgan fingerprint density at radius 3 is 2.57 bits per heavy atom. The largest absolute Gasteiger partial charge is 0.294 e. The van der Waals surface area contributed by atoms with Crippen LogP contribution in [0.5, 0.6) is 0 Å². The van der Waals surface area contributed by atoms with Gasteiger partial charge in [-0.25, -0.2) is 0 Å². The average Bonchev–Trinajstić information content (AvgIpc) is 2.65. The molecule has 14 heavy (non-hydrogen) atoms. The Balaban J connectivity index is 2.12. The summed E-state index contributed by atoms with van der Waals surface area (Å²) >= 11 is 0. The fourth-order valence-electron chi connectivity index (χ4n) is 2.45. The first kappa shape index (κ1) is 9.72. The van der Waals surface area contributed by atoms with Crippen molar-refractivity contribution < 1.29 is 0 Å². The van der Waals surface area contributed by atoms with Crippen molar-refractivity contribution in [2.24, 2.45) is 0 Å². The van der Waals surface area contributed by atoms with Gasteiger partial charge in [-0.3, -0.25) is 4.90 Å². The van der Waals surface area contributed by atoms with Gasteiger partial charge in [-0.15, -0.1) is 0 Å². The van der Waals surface area contributed by atoms with Crippen molar-refractivity contribution in [3.05, 3.63) is 35.9 Å². The van der Waals surface area contributed by atoms with E-state index in [9.17, 15) is 0 Å². The molecule has 1 aliphatic rings. The Bertz CT molecular complexity index is 281. The molecule has 2 atom stereocenters. The third-order valence-corrected chi connectivity index (χ3v) is 3.38.